The molecule has 7 nitrogen and oxygen atoms in total. The quantitative estimate of drug-likeness (QED) is 0.815. The van der Waals surface area contributed by atoms with E-state index in [0.29, 0.717) is 18.2 Å². The molecule has 146 valence electrons. The van der Waals surface area contributed by atoms with Gasteiger partial charge in [-0.3, -0.25) is 4.79 Å². The van der Waals surface area contributed by atoms with E-state index in [-0.39, 0.29) is 12.0 Å². The van der Waals surface area contributed by atoms with E-state index in [4.69, 9.17) is 4.74 Å². The van der Waals surface area contributed by atoms with Gasteiger partial charge in [0.15, 0.2) is 5.65 Å². The summed E-state index contributed by atoms with van der Waals surface area (Å²) in [4.78, 5) is 17.4. The van der Waals surface area contributed by atoms with E-state index >= 15 is 0 Å². The van der Waals surface area contributed by atoms with Crippen molar-refractivity contribution in [1.82, 2.24) is 20.1 Å². The van der Waals surface area contributed by atoms with E-state index in [1.807, 2.05) is 17.8 Å². The van der Waals surface area contributed by atoms with Gasteiger partial charge in [-0.25, -0.2) is 9.67 Å². The van der Waals surface area contributed by atoms with Crippen molar-refractivity contribution in [3.05, 3.63) is 18.0 Å². The maximum Gasteiger partial charge on any atom is 0.255 e. The lowest BCUT2D eigenvalue weighted by molar-refractivity contribution is 0.0858. The summed E-state index contributed by atoms with van der Waals surface area (Å²) in [5, 5.41) is 12.0. The highest BCUT2D eigenvalue weighted by molar-refractivity contribution is 6.06. The summed E-state index contributed by atoms with van der Waals surface area (Å²) in [6, 6.07) is 0.402. The lowest BCUT2D eigenvalue weighted by Gasteiger charge is -2.25. The van der Waals surface area contributed by atoms with Crippen LogP contribution in [-0.2, 0) is 11.3 Å². The van der Waals surface area contributed by atoms with Crippen LogP contribution in [0.4, 0.5) is 5.69 Å². The average molecular weight is 371 g/mol. The Morgan fingerprint density at radius 3 is 2.81 bits per heavy atom. The third kappa shape index (κ3) is 3.93. The molecule has 1 saturated heterocycles. The van der Waals surface area contributed by atoms with Gasteiger partial charge in [-0.05, 0) is 32.6 Å². The number of nitrogens with zero attached hydrogens (tertiary/aromatic N) is 3. The van der Waals surface area contributed by atoms with Crippen LogP contribution in [0, 0.1) is 0 Å². The number of carbonyl (C=O) groups is 1. The Kier molecular flexibility index (Phi) is 5.57. The molecule has 0 spiro atoms. The lowest BCUT2D eigenvalue weighted by Crippen LogP contribution is -2.33. The molecule has 1 saturated carbocycles. The first-order valence-corrected chi connectivity index (χ1v) is 10.3. The van der Waals surface area contributed by atoms with Crippen LogP contribution in [0.1, 0.15) is 62.2 Å². The zero-order valence-corrected chi connectivity index (χ0v) is 16.0. The molecule has 2 fully saturated rings. The fraction of sp³-hybridized carbons (Fsp3) is 0.650. The van der Waals surface area contributed by atoms with Gasteiger partial charge in [-0.15, -0.1) is 0 Å². The third-order valence-corrected chi connectivity index (χ3v) is 5.68. The number of rotatable bonds is 6. The number of anilines is 1. The number of hydrogen-bond donors (Lipinski definition) is 2. The number of hydrogen-bond acceptors (Lipinski definition) is 5. The topological polar surface area (TPSA) is 81.1 Å². The Morgan fingerprint density at radius 1 is 1.22 bits per heavy atom. The minimum absolute atomic E-state index is 0.0949. The van der Waals surface area contributed by atoms with Crippen LogP contribution in [0.5, 0.6) is 0 Å². The van der Waals surface area contributed by atoms with Gasteiger partial charge >= 0.3 is 0 Å². The molecule has 2 aromatic heterocycles. The molecule has 0 bridgehead atoms. The highest BCUT2D eigenvalue weighted by atomic mass is 16.5. The molecule has 2 aromatic rings. The summed E-state index contributed by atoms with van der Waals surface area (Å²) in [6.45, 7) is 4.14. The van der Waals surface area contributed by atoms with Crippen LogP contribution >= 0.6 is 0 Å². The predicted octanol–water partition coefficient (Wildman–Crippen LogP) is 3.10. The fourth-order valence-corrected chi connectivity index (χ4v) is 4.14. The molecule has 4 rings (SSSR count). The minimum atomic E-state index is -0.0949. The molecule has 2 aliphatic rings. The third-order valence-electron chi connectivity index (χ3n) is 5.68. The smallest absolute Gasteiger partial charge is 0.255 e. The van der Waals surface area contributed by atoms with Crippen molar-refractivity contribution in [2.24, 2.45) is 0 Å². The average Bonchev–Trinajstić information content (AvgIpc) is 3.37. The van der Waals surface area contributed by atoms with Crippen molar-refractivity contribution < 1.29 is 9.53 Å². The van der Waals surface area contributed by atoms with Crippen molar-refractivity contribution in [1.29, 1.82) is 0 Å². The van der Waals surface area contributed by atoms with Gasteiger partial charge in [0.05, 0.1) is 28.9 Å². The number of aryl methyl sites for hydroxylation is 1. The summed E-state index contributed by atoms with van der Waals surface area (Å²) in [5.74, 6) is -0.0949. The summed E-state index contributed by atoms with van der Waals surface area (Å²) in [5.41, 5.74) is 2.30. The second kappa shape index (κ2) is 8.25. The van der Waals surface area contributed by atoms with Crippen molar-refractivity contribution in [3.8, 4) is 0 Å². The number of amides is 1. The highest BCUT2D eigenvalue weighted by Crippen LogP contribution is 2.30. The largest absolute Gasteiger partial charge is 0.381 e. The number of carbonyl (C=O) groups excluding carboxylic acids is 1. The fourth-order valence-electron chi connectivity index (χ4n) is 4.14. The molecule has 7 heteroatoms. The van der Waals surface area contributed by atoms with Crippen molar-refractivity contribution in [3.63, 3.8) is 0 Å². The Hall–Kier alpha value is -2.15. The molecule has 27 heavy (non-hydrogen) atoms. The van der Waals surface area contributed by atoms with Gasteiger partial charge in [0.25, 0.3) is 5.91 Å². The molecule has 1 aliphatic heterocycles. The molecular formula is C20H29N5O2. The van der Waals surface area contributed by atoms with Gasteiger partial charge < -0.3 is 15.4 Å². The number of fused-ring (bicyclic) bond motifs is 1. The first-order valence-electron chi connectivity index (χ1n) is 10.3. The Balaban J connectivity index is 1.61. The van der Waals surface area contributed by atoms with Gasteiger partial charge in [0.1, 0.15) is 0 Å². The second-order valence-corrected chi connectivity index (χ2v) is 7.57. The summed E-state index contributed by atoms with van der Waals surface area (Å²) >= 11 is 0. The van der Waals surface area contributed by atoms with Crippen LogP contribution in [0.15, 0.2) is 12.4 Å². The van der Waals surface area contributed by atoms with E-state index in [1.54, 1.807) is 6.20 Å². The Morgan fingerprint density at radius 2 is 2.07 bits per heavy atom. The minimum Gasteiger partial charge on any atom is -0.381 e. The van der Waals surface area contributed by atoms with Crippen molar-refractivity contribution in [2.75, 3.05) is 18.5 Å². The van der Waals surface area contributed by atoms with Gasteiger partial charge in [-0.1, -0.05) is 19.3 Å². The van der Waals surface area contributed by atoms with Gasteiger partial charge in [0, 0.05) is 31.9 Å². The molecule has 0 aromatic carbocycles. The number of pyridine rings is 1. The van der Waals surface area contributed by atoms with E-state index in [2.05, 4.69) is 20.7 Å². The molecule has 1 amide bonds. The first-order chi connectivity index (χ1) is 13.3. The molecule has 2 N–H and O–H groups in total. The van der Waals surface area contributed by atoms with Gasteiger partial charge in [-0.2, -0.15) is 5.10 Å². The summed E-state index contributed by atoms with van der Waals surface area (Å²) < 4.78 is 7.49. The molecule has 1 unspecified atom stereocenters. The Bertz CT molecular complexity index is 791. The first kappa shape index (κ1) is 18.2. The zero-order valence-electron chi connectivity index (χ0n) is 16.0. The maximum absolute atomic E-state index is 12.9. The number of nitrogens with one attached hydrogen (secondary N) is 2. The highest BCUT2D eigenvalue weighted by Gasteiger charge is 2.23. The van der Waals surface area contributed by atoms with Crippen LogP contribution in [-0.4, -0.2) is 46.0 Å². The van der Waals surface area contributed by atoms with Crippen LogP contribution < -0.4 is 10.6 Å². The summed E-state index contributed by atoms with van der Waals surface area (Å²) in [6.07, 6.45) is 11.8. The van der Waals surface area contributed by atoms with Crippen LogP contribution in [0.3, 0.4) is 0 Å². The zero-order chi connectivity index (χ0) is 18.6. The van der Waals surface area contributed by atoms with Crippen LogP contribution in [0.2, 0.25) is 0 Å². The molecule has 3 heterocycles. The monoisotopic (exact) mass is 371 g/mol. The standard InChI is InChI=1S/C20H29N5O2/c1-2-25-19-16(13-23-25)18(24-14-7-4-3-5-8-14)17(12-21-19)20(26)22-11-15-9-6-10-27-15/h12-15H,2-11H2,1H3,(H,21,24)(H,22,26). The van der Waals surface area contributed by atoms with Gasteiger partial charge in [0.2, 0.25) is 0 Å². The Labute approximate surface area is 159 Å². The molecule has 1 aliphatic carbocycles. The molecular weight excluding hydrogens is 342 g/mol. The second-order valence-electron chi connectivity index (χ2n) is 7.57. The molecule has 1 atom stereocenters. The predicted molar refractivity (Wildman–Crippen MR) is 105 cm³/mol. The van der Waals surface area contributed by atoms with E-state index < -0.39 is 0 Å². The number of ether oxygens (including phenoxy) is 1. The van der Waals surface area contributed by atoms with Crippen molar-refractivity contribution in [2.45, 2.75) is 70.6 Å². The summed E-state index contributed by atoms with van der Waals surface area (Å²) in [7, 11) is 0. The lowest BCUT2D eigenvalue weighted by atomic mass is 9.95. The van der Waals surface area contributed by atoms with Crippen molar-refractivity contribution >= 4 is 22.6 Å². The molecule has 0 radical (unpaired) electrons. The SMILES string of the molecule is CCn1ncc2c(NC3CCCCC3)c(C(=O)NCC3CCCO3)cnc21. The number of aromatic nitrogens is 3. The normalized spacial score (nSPS) is 20.9. The van der Waals surface area contributed by atoms with E-state index in [0.717, 1.165) is 55.6 Å². The van der Waals surface area contributed by atoms with E-state index in [9.17, 15) is 4.79 Å². The van der Waals surface area contributed by atoms with Crippen LogP contribution in [0.25, 0.3) is 11.0 Å². The van der Waals surface area contributed by atoms with E-state index in [1.165, 1.54) is 19.3 Å². The maximum atomic E-state index is 12.9.